The first-order valence-electron chi connectivity index (χ1n) is 9.85. The maximum Gasteiger partial charge on any atom is 0.263 e. The van der Waals surface area contributed by atoms with Crippen molar-refractivity contribution < 1.29 is 9.90 Å². The smallest absolute Gasteiger partial charge is 0.263 e. The van der Waals surface area contributed by atoms with Crippen molar-refractivity contribution in [3.05, 3.63) is 58.0 Å². The number of phenols is 1. The molecule has 1 fully saturated rings. The van der Waals surface area contributed by atoms with E-state index < -0.39 is 0 Å². The fourth-order valence-electron chi connectivity index (χ4n) is 3.30. The van der Waals surface area contributed by atoms with Crippen LogP contribution in [0.2, 0.25) is 0 Å². The molecule has 0 spiro atoms. The van der Waals surface area contributed by atoms with Crippen LogP contribution in [0.1, 0.15) is 58.2 Å². The SMILES string of the molecule is CC(C)(C)c1cc(Nc2ccccc2/C=C2\SC(=S)NC2=O)cc(C(C)(C)C)c1O. The summed E-state index contributed by atoms with van der Waals surface area (Å²) in [5.41, 5.74) is 4.03. The quantitative estimate of drug-likeness (QED) is 0.300. The fraction of sp³-hybridized carbons (Fsp3) is 0.333. The highest BCUT2D eigenvalue weighted by molar-refractivity contribution is 8.26. The number of amides is 1. The van der Waals surface area contributed by atoms with Crippen LogP contribution in [0.5, 0.6) is 5.75 Å². The van der Waals surface area contributed by atoms with E-state index >= 15 is 0 Å². The number of carbonyl (C=O) groups excluding carboxylic acids is 1. The van der Waals surface area contributed by atoms with Crippen LogP contribution in [0.3, 0.4) is 0 Å². The Hall–Kier alpha value is -2.31. The number of para-hydroxylation sites is 1. The number of anilines is 2. The summed E-state index contributed by atoms with van der Waals surface area (Å²) in [4.78, 5) is 12.6. The molecular formula is C24H28N2O2S2. The largest absolute Gasteiger partial charge is 0.507 e. The number of hydrogen-bond acceptors (Lipinski definition) is 5. The third-order valence-corrected chi connectivity index (χ3v) is 6.06. The van der Waals surface area contributed by atoms with Gasteiger partial charge in [0.15, 0.2) is 0 Å². The van der Waals surface area contributed by atoms with Gasteiger partial charge in [-0.15, -0.1) is 0 Å². The first kappa shape index (κ1) is 22.4. The predicted octanol–water partition coefficient (Wildman–Crippen LogP) is 6.22. The summed E-state index contributed by atoms with van der Waals surface area (Å²) in [5.74, 6) is 0.179. The lowest BCUT2D eigenvalue weighted by molar-refractivity contribution is -0.115. The predicted molar refractivity (Wildman–Crippen MR) is 132 cm³/mol. The van der Waals surface area contributed by atoms with Gasteiger partial charge in [0.2, 0.25) is 0 Å². The first-order chi connectivity index (χ1) is 13.9. The number of rotatable bonds is 3. The van der Waals surface area contributed by atoms with Crippen molar-refractivity contribution >= 4 is 51.7 Å². The van der Waals surface area contributed by atoms with Crippen molar-refractivity contribution in [2.24, 2.45) is 0 Å². The summed E-state index contributed by atoms with van der Waals surface area (Å²) in [5, 5.41) is 17.1. The molecule has 6 heteroatoms. The van der Waals surface area contributed by atoms with Crippen LogP contribution in [0.15, 0.2) is 41.3 Å². The summed E-state index contributed by atoms with van der Waals surface area (Å²) < 4.78 is 0.472. The van der Waals surface area contributed by atoms with Gasteiger partial charge in [-0.3, -0.25) is 4.79 Å². The van der Waals surface area contributed by atoms with Gasteiger partial charge in [0, 0.05) is 22.5 Å². The maximum atomic E-state index is 12.1. The Bertz CT molecular complexity index is 1010. The van der Waals surface area contributed by atoms with Gasteiger partial charge in [-0.2, -0.15) is 0 Å². The number of thiocarbonyl (C=S) groups is 1. The number of nitrogens with one attached hydrogen (secondary N) is 2. The topological polar surface area (TPSA) is 61.4 Å². The molecule has 1 heterocycles. The minimum atomic E-state index is -0.211. The highest BCUT2D eigenvalue weighted by atomic mass is 32.2. The number of hydrogen-bond donors (Lipinski definition) is 3. The van der Waals surface area contributed by atoms with Crippen molar-refractivity contribution in [1.82, 2.24) is 5.32 Å². The maximum absolute atomic E-state index is 12.1. The van der Waals surface area contributed by atoms with Gasteiger partial charge < -0.3 is 15.7 Å². The zero-order valence-electron chi connectivity index (χ0n) is 18.2. The van der Waals surface area contributed by atoms with Crippen LogP contribution in [0.4, 0.5) is 11.4 Å². The Balaban J connectivity index is 2.07. The lowest BCUT2D eigenvalue weighted by Crippen LogP contribution is -2.18. The third-order valence-electron chi connectivity index (χ3n) is 4.89. The Morgan fingerprint density at radius 1 is 1.03 bits per heavy atom. The molecule has 0 unspecified atom stereocenters. The van der Waals surface area contributed by atoms with E-state index in [-0.39, 0.29) is 16.7 Å². The van der Waals surface area contributed by atoms with E-state index in [1.807, 2.05) is 42.5 Å². The fourth-order valence-corrected chi connectivity index (χ4v) is 4.34. The van der Waals surface area contributed by atoms with Gasteiger partial charge in [-0.1, -0.05) is 83.7 Å². The third kappa shape index (κ3) is 4.87. The molecule has 1 aliphatic rings. The summed E-state index contributed by atoms with van der Waals surface area (Å²) in [7, 11) is 0. The van der Waals surface area contributed by atoms with Crippen molar-refractivity contribution in [2.45, 2.75) is 52.4 Å². The molecule has 0 aromatic heterocycles. The monoisotopic (exact) mass is 440 g/mol. The van der Waals surface area contributed by atoms with Gasteiger partial charge >= 0.3 is 0 Å². The molecule has 1 aliphatic heterocycles. The standard InChI is InChI=1S/C24H28N2O2S2/c1-23(2,3)16-12-15(13-17(20(16)27)24(4,5)6)25-18-10-8-7-9-14(18)11-19-21(28)26-22(29)30-19/h7-13,25,27H,1-6H3,(H,26,28,29)/b19-11-. The minimum absolute atomic E-state index is 0.172. The molecule has 4 nitrogen and oxygen atoms in total. The number of carbonyl (C=O) groups is 1. The van der Waals surface area contributed by atoms with Crippen LogP contribution in [0.25, 0.3) is 6.08 Å². The molecule has 0 atom stereocenters. The summed E-state index contributed by atoms with van der Waals surface area (Å²) in [6.07, 6.45) is 1.84. The minimum Gasteiger partial charge on any atom is -0.507 e. The molecule has 0 bridgehead atoms. The number of thioether (sulfide) groups is 1. The Labute approximate surface area is 188 Å². The van der Waals surface area contributed by atoms with Crippen LogP contribution in [-0.4, -0.2) is 15.3 Å². The zero-order valence-corrected chi connectivity index (χ0v) is 19.8. The van der Waals surface area contributed by atoms with Crippen LogP contribution in [-0.2, 0) is 15.6 Å². The van der Waals surface area contributed by atoms with Gasteiger partial charge in [-0.25, -0.2) is 0 Å². The van der Waals surface area contributed by atoms with Crippen molar-refractivity contribution in [1.29, 1.82) is 0 Å². The molecule has 2 aromatic rings. The van der Waals surface area contributed by atoms with Crippen LogP contribution in [0, 0.1) is 0 Å². The second kappa shape index (κ2) is 8.08. The van der Waals surface area contributed by atoms with Gasteiger partial charge in [-0.05, 0) is 40.7 Å². The van der Waals surface area contributed by atoms with E-state index in [1.165, 1.54) is 11.8 Å². The molecule has 2 aromatic carbocycles. The molecule has 1 saturated heterocycles. The van der Waals surface area contributed by atoms with E-state index in [4.69, 9.17) is 12.2 Å². The highest BCUT2D eigenvalue weighted by Gasteiger charge is 2.27. The number of phenolic OH excluding ortho intramolecular Hbond substituents is 1. The normalized spacial score (nSPS) is 16.1. The second-order valence-electron chi connectivity index (χ2n) is 9.48. The van der Waals surface area contributed by atoms with Crippen molar-refractivity contribution in [3.63, 3.8) is 0 Å². The van der Waals surface area contributed by atoms with E-state index in [2.05, 4.69) is 52.2 Å². The molecule has 1 amide bonds. The number of aromatic hydroxyl groups is 1. The first-order valence-corrected chi connectivity index (χ1v) is 11.1. The number of benzene rings is 2. The Morgan fingerprint density at radius 3 is 2.10 bits per heavy atom. The zero-order chi connectivity index (χ0) is 22.3. The van der Waals surface area contributed by atoms with E-state index in [0.29, 0.717) is 15.0 Å². The summed E-state index contributed by atoms with van der Waals surface area (Å²) >= 11 is 6.36. The van der Waals surface area contributed by atoms with Gasteiger partial charge in [0.1, 0.15) is 10.1 Å². The molecule has 0 radical (unpaired) electrons. The van der Waals surface area contributed by atoms with Crippen LogP contribution < -0.4 is 10.6 Å². The van der Waals surface area contributed by atoms with Crippen molar-refractivity contribution in [3.8, 4) is 5.75 Å². The van der Waals surface area contributed by atoms with Gasteiger partial charge in [0.05, 0.1) is 4.91 Å². The molecule has 0 aliphatic carbocycles. The second-order valence-corrected chi connectivity index (χ2v) is 11.2. The van der Waals surface area contributed by atoms with E-state index in [0.717, 1.165) is 28.1 Å². The van der Waals surface area contributed by atoms with E-state index in [9.17, 15) is 9.90 Å². The highest BCUT2D eigenvalue weighted by Crippen LogP contribution is 2.42. The summed E-state index contributed by atoms with van der Waals surface area (Å²) in [6.45, 7) is 12.6. The molecule has 30 heavy (non-hydrogen) atoms. The van der Waals surface area contributed by atoms with Crippen molar-refractivity contribution in [2.75, 3.05) is 5.32 Å². The average Bonchev–Trinajstić information content (AvgIpc) is 2.93. The Kier molecular flexibility index (Phi) is 6.03. The van der Waals surface area contributed by atoms with Crippen LogP contribution >= 0.6 is 24.0 Å². The lowest BCUT2D eigenvalue weighted by atomic mass is 9.79. The molecule has 3 N–H and O–H groups in total. The molecular weight excluding hydrogens is 412 g/mol. The molecule has 0 saturated carbocycles. The molecule has 3 rings (SSSR count). The average molecular weight is 441 g/mol. The Morgan fingerprint density at radius 2 is 1.60 bits per heavy atom. The summed E-state index contributed by atoms with van der Waals surface area (Å²) in [6, 6.07) is 11.8. The van der Waals surface area contributed by atoms with Gasteiger partial charge in [0.25, 0.3) is 5.91 Å². The van der Waals surface area contributed by atoms with E-state index in [1.54, 1.807) is 0 Å². The molecule has 158 valence electrons. The lowest BCUT2D eigenvalue weighted by Gasteiger charge is -2.28.